The van der Waals surface area contributed by atoms with Gasteiger partial charge in [0.2, 0.25) is 0 Å². The molecule has 2 aromatic heterocycles. The molecule has 0 spiro atoms. The summed E-state index contributed by atoms with van der Waals surface area (Å²) in [6, 6.07) is 15.2. The summed E-state index contributed by atoms with van der Waals surface area (Å²) in [6.07, 6.45) is 3.22. The summed E-state index contributed by atoms with van der Waals surface area (Å²) in [5.74, 6) is 1.43. The number of carbonyl (C=O) groups is 1. The van der Waals surface area contributed by atoms with Gasteiger partial charge in [0.1, 0.15) is 11.6 Å². The minimum absolute atomic E-state index is 0.113. The Balaban J connectivity index is 1.92. The monoisotopic (exact) mass is 335 g/mol. The Hall–Kier alpha value is -3.08. The number of hydrogen-bond acceptors (Lipinski definition) is 4. The molecule has 0 aliphatic heterocycles. The first-order chi connectivity index (χ1) is 12.0. The van der Waals surface area contributed by atoms with Gasteiger partial charge in [0.15, 0.2) is 0 Å². The molecule has 128 valence electrons. The molecule has 0 aliphatic carbocycles. The van der Waals surface area contributed by atoms with Gasteiger partial charge in [-0.15, -0.1) is 0 Å². The van der Waals surface area contributed by atoms with E-state index in [9.17, 15) is 4.79 Å². The van der Waals surface area contributed by atoms with Gasteiger partial charge in [-0.1, -0.05) is 17.7 Å². The Morgan fingerprint density at radius 1 is 1.08 bits per heavy atom. The molecule has 3 rings (SSSR count). The highest BCUT2D eigenvalue weighted by Gasteiger charge is 2.19. The molecule has 0 saturated heterocycles. The topological polar surface area (TPSA) is 49.6 Å². The van der Waals surface area contributed by atoms with Gasteiger partial charge in [-0.3, -0.25) is 4.79 Å². The fourth-order valence-corrected chi connectivity index (χ4v) is 2.50. The zero-order chi connectivity index (χ0) is 17.8. The zero-order valence-corrected chi connectivity index (χ0v) is 14.6. The maximum absolute atomic E-state index is 13.1. The number of rotatable bonds is 5. The van der Waals surface area contributed by atoms with Crippen molar-refractivity contribution in [3.8, 4) is 0 Å². The van der Waals surface area contributed by atoms with Crippen molar-refractivity contribution in [2.24, 2.45) is 0 Å². The van der Waals surface area contributed by atoms with Crippen LogP contribution in [-0.4, -0.2) is 25.0 Å². The number of nitrogens with zero attached hydrogens (tertiary/aromatic N) is 3. The molecular formula is C20H21N3O2. The lowest BCUT2D eigenvalue weighted by atomic mass is 10.1. The number of amides is 1. The number of hydrogen-bond donors (Lipinski definition) is 0. The molecule has 5 nitrogen and oxygen atoms in total. The number of benzene rings is 1. The Morgan fingerprint density at radius 2 is 1.84 bits per heavy atom. The molecule has 0 bridgehead atoms. The van der Waals surface area contributed by atoms with Crippen molar-refractivity contribution < 1.29 is 9.21 Å². The van der Waals surface area contributed by atoms with E-state index in [0.717, 1.165) is 22.8 Å². The maximum atomic E-state index is 13.1. The van der Waals surface area contributed by atoms with E-state index in [1.807, 2.05) is 68.4 Å². The predicted molar refractivity (Wildman–Crippen MR) is 99.0 cm³/mol. The molecule has 0 saturated carbocycles. The Bertz CT molecular complexity index is 822. The molecule has 3 aromatic rings. The molecule has 0 aliphatic rings. The summed E-state index contributed by atoms with van der Waals surface area (Å²) in [5.41, 5.74) is 2.51. The zero-order valence-electron chi connectivity index (χ0n) is 14.6. The molecule has 0 unspecified atom stereocenters. The molecule has 2 heterocycles. The van der Waals surface area contributed by atoms with E-state index < -0.39 is 0 Å². The van der Waals surface area contributed by atoms with E-state index in [2.05, 4.69) is 4.98 Å². The van der Waals surface area contributed by atoms with Crippen LogP contribution in [0.4, 0.5) is 11.5 Å². The first kappa shape index (κ1) is 16.8. The molecule has 1 aromatic carbocycles. The predicted octanol–water partition coefficient (Wildman–Crippen LogP) is 3.90. The number of pyridine rings is 1. The van der Waals surface area contributed by atoms with Crippen LogP contribution >= 0.6 is 0 Å². The van der Waals surface area contributed by atoms with E-state index in [1.165, 1.54) is 0 Å². The number of furan rings is 1. The van der Waals surface area contributed by atoms with Gasteiger partial charge in [-0.2, -0.15) is 0 Å². The molecular weight excluding hydrogens is 314 g/mol. The molecule has 0 radical (unpaired) electrons. The highest BCUT2D eigenvalue weighted by molar-refractivity contribution is 6.05. The quantitative estimate of drug-likeness (QED) is 0.710. The summed E-state index contributed by atoms with van der Waals surface area (Å²) in [6.45, 7) is 2.39. The minimum Gasteiger partial charge on any atom is -0.467 e. The molecule has 0 fully saturated rings. The molecule has 0 atom stereocenters. The van der Waals surface area contributed by atoms with Gasteiger partial charge >= 0.3 is 0 Å². The average molecular weight is 335 g/mol. The Labute approximate surface area is 147 Å². The Morgan fingerprint density at radius 3 is 2.40 bits per heavy atom. The Kier molecular flexibility index (Phi) is 4.84. The van der Waals surface area contributed by atoms with Gasteiger partial charge in [0.25, 0.3) is 5.91 Å². The first-order valence-electron chi connectivity index (χ1n) is 8.09. The molecule has 1 amide bonds. The SMILES string of the molecule is Cc1ccc(N(Cc2ccco2)C(=O)c2ccc(N(C)C)nc2)cc1. The fraction of sp³-hybridized carbons (Fsp3) is 0.200. The van der Waals surface area contributed by atoms with Crippen molar-refractivity contribution in [3.05, 3.63) is 77.9 Å². The van der Waals surface area contributed by atoms with Crippen LogP contribution in [0, 0.1) is 6.92 Å². The highest BCUT2D eigenvalue weighted by Crippen LogP contribution is 2.21. The van der Waals surface area contributed by atoms with E-state index in [-0.39, 0.29) is 5.91 Å². The van der Waals surface area contributed by atoms with Crippen LogP contribution in [-0.2, 0) is 6.54 Å². The third kappa shape index (κ3) is 3.88. The van der Waals surface area contributed by atoms with E-state index >= 15 is 0 Å². The van der Waals surface area contributed by atoms with Crippen molar-refractivity contribution in [1.82, 2.24) is 4.98 Å². The van der Waals surface area contributed by atoms with Crippen molar-refractivity contribution >= 4 is 17.4 Å². The van der Waals surface area contributed by atoms with Gasteiger partial charge < -0.3 is 14.2 Å². The third-order valence-corrected chi connectivity index (χ3v) is 3.94. The van der Waals surface area contributed by atoms with Crippen LogP contribution in [0.3, 0.4) is 0 Å². The van der Waals surface area contributed by atoms with Crippen molar-refractivity contribution in [3.63, 3.8) is 0 Å². The summed E-state index contributed by atoms with van der Waals surface area (Å²) >= 11 is 0. The number of carbonyl (C=O) groups excluding carboxylic acids is 1. The van der Waals surface area contributed by atoms with E-state index in [4.69, 9.17) is 4.42 Å². The number of anilines is 2. The van der Waals surface area contributed by atoms with Crippen LogP contribution < -0.4 is 9.80 Å². The first-order valence-corrected chi connectivity index (χ1v) is 8.09. The van der Waals surface area contributed by atoms with Gasteiger partial charge in [-0.05, 0) is 43.3 Å². The summed E-state index contributed by atoms with van der Waals surface area (Å²) in [7, 11) is 3.83. The minimum atomic E-state index is -0.113. The second kappa shape index (κ2) is 7.21. The number of aryl methyl sites for hydroxylation is 1. The smallest absolute Gasteiger partial charge is 0.260 e. The van der Waals surface area contributed by atoms with Crippen LogP contribution in [0.5, 0.6) is 0 Å². The van der Waals surface area contributed by atoms with Crippen molar-refractivity contribution in [2.75, 3.05) is 23.9 Å². The van der Waals surface area contributed by atoms with Gasteiger partial charge in [0.05, 0.1) is 18.4 Å². The van der Waals surface area contributed by atoms with Crippen molar-refractivity contribution in [2.45, 2.75) is 13.5 Å². The van der Waals surface area contributed by atoms with Crippen LogP contribution in [0.25, 0.3) is 0 Å². The molecule has 0 N–H and O–H groups in total. The third-order valence-electron chi connectivity index (χ3n) is 3.94. The summed E-state index contributed by atoms with van der Waals surface area (Å²) < 4.78 is 5.43. The van der Waals surface area contributed by atoms with Gasteiger partial charge in [0, 0.05) is 26.0 Å². The lowest BCUT2D eigenvalue weighted by Crippen LogP contribution is -2.30. The second-order valence-corrected chi connectivity index (χ2v) is 6.11. The normalized spacial score (nSPS) is 10.5. The summed E-state index contributed by atoms with van der Waals surface area (Å²) in [4.78, 5) is 21.0. The number of aromatic nitrogens is 1. The highest BCUT2D eigenvalue weighted by atomic mass is 16.3. The van der Waals surface area contributed by atoms with Crippen LogP contribution in [0.1, 0.15) is 21.7 Å². The lowest BCUT2D eigenvalue weighted by molar-refractivity contribution is 0.0983. The van der Waals surface area contributed by atoms with Crippen molar-refractivity contribution in [1.29, 1.82) is 0 Å². The average Bonchev–Trinajstić information content (AvgIpc) is 3.13. The van der Waals surface area contributed by atoms with E-state index in [1.54, 1.807) is 23.4 Å². The molecule has 25 heavy (non-hydrogen) atoms. The van der Waals surface area contributed by atoms with Crippen LogP contribution in [0.2, 0.25) is 0 Å². The lowest BCUT2D eigenvalue weighted by Gasteiger charge is -2.22. The summed E-state index contributed by atoms with van der Waals surface area (Å²) in [5, 5.41) is 0. The second-order valence-electron chi connectivity index (χ2n) is 6.11. The maximum Gasteiger partial charge on any atom is 0.260 e. The van der Waals surface area contributed by atoms with Crippen LogP contribution in [0.15, 0.2) is 65.4 Å². The largest absolute Gasteiger partial charge is 0.467 e. The standard InChI is InChI=1S/C20H21N3O2/c1-15-6-9-17(10-7-15)23(14-18-5-4-12-25-18)20(24)16-8-11-19(21-13-16)22(2)3/h4-13H,14H2,1-3H3. The van der Waals surface area contributed by atoms with Gasteiger partial charge in [-0.25, -0.2) is 4.98 Å². The fourth-order valence-electron chi connectivity index (χ4n) is 2.50. The van der Waals surface area contributed by atoms with E-state index in [0.29, 0.717) is 12.1 Å². The molecule has 5 heteroatoms.